The molecular formula is C22H21N7O2. The lowest BCUT2D eigenvalue weighted by Gasteiger charge is -2.24. The lowest BCUT2D eigenvalue weighted by Crippen LogP contribution is -2.25. The number of nitrogens with zero attached hydrogens (tertiary/aromatic N) is 6. The fraction of sp³-hybridized carbons (Fsp3) is 0.227. The Morgan fingerprint density at radius 2 is 1.97 bits per heavy atom. The van der Waals surface area contributed by atoms with E-state index in [9.17, 15) is 4.79 Å². The minimum atomic E-state index is -0.105. The molecule has 0 bridgehead atoms. The number of nitrogens with one attached hydrogen (secondary N) is 1. The zero-order valence-electron chi connectivity index (χ0n) is 17.2. The van der Waals surface area contributed by atoms with Gasteiger partial charge in [0.2, 0.25) is 5.91 Å². The molecule has 1 atom stereocenters. The maximum absolute atomic E-state index is 12.6. The molecule has 9 heteroatoms. The first kappa shape index (κ1) is 19.0. The van der Waals surface area contributed by atoms with Crippen LogP contribution in [-0.2, 0) is 4.79 Å². The summed E-state index contributed by atoms with van der Waals surface area (Å²) in [5, 5.41) is 20.4. The number of aromatic nitrogens is 6. The predicted octanol–water partition coefficient (Wildman–Crippen LogP) is 2.97. The second kappa shape index (κ2) is 7.35. The first-order chi connectivity index (χ1) is 15.0. The number of fused-ring (bicyclic) bond motifs is 2. The SMILES string of the molecule is C=CCOc1ccc(C2CC(=O)Nc3c2c(C)nn3-c2ccc3nnc(C)n3n2)cc1. The lowest BCUT2D eigenvalue weighted by molar-refractivity contribution is -0.116. The van der Waals surface area contributed by atoms with Crippen LogP contribution < -0.4 is 10.1 Å². The highest BCUT2D eigenvalue weighted by Gasteiger charge is 2.33. The summed E-state index contributed by atoms with van der Waals surface area (Å²) in [6, 6.07) is 11.5. The van der Waals surface area contributed by atoms with E-state index in [0.717, 1.165) is 22.6 Å². The van der Waals surface area contributed by atoms with Gasteiger partial charge in [-0.05, 0) is 43.7 Å². The van der Waals surface area contributed by atoms with E-state index in [1.807, 2.05) is 50.2 Å². The maximum Gasteiger partial charge on any atom is 0.226 e. The van der Waals surface area contributed by atoms with Crippen molar-refractivity contribution in [1.82, 2.24) is 29.6 Å². The number of amides is 1. The molecule has 0 radical (unpaired) electrons. The molecule has 31 heavy (non-hydrogen) atoms. The third kappa shape index (κ3) is 3.24. The van der Waals surface area contributed by atoms with Gasteiger partial charge in [0.15, 0.2) is 17.3 Å². The molecule has 4 heterocycles. The van der Waals surface area contributed by atoms with Crippen molar-refractivity contribution in [2.24, 2.45) is 0 Å². The number of aryl methyl sites for hydroxylation is 2. The van der Waals surface area contributed by atoms with E-state index in [-0.39, 0.29) is 11.8 Å². The van der Waals surface area contributed by atoms with Gasteiger partial charge in [0.25, 0.3) is 0 Å². The molecule has 1 aliphatic rings. The summed E-state index contributed by atoms with van der Waals surface area (Å²) < 4.78 is 8.91. The number of anilines is 1. The number of carbonyl (C=O) groups is 1. The second-order valence-electron chi connectivity index (χ2n) is 7.44. The molecular weight excluding hydrogens is 394 g/mol. The zero-order chi connectivity index (χ0) is 21.5. The molecule has 1 aromatic carbocycles. The van der Waals surface area contributed by atoms with Crippen molar-refractivity contribution in [3.63, 3.8) is 0 Å². The average Bonchev–Trinajstić information content (AvgIpc) is 3.31. The molecule has 1 amide bonds. The Bertz CT molecular complexity index is 1300. The van der Waals surface area contributed by atoms with Crippen LogP contribution in [0.1, 0.15) is 35.0 Å². The van der Waals surface area contributed by atoms with Gasteiger partial charge in [0.1, 0.15) is 18.2 Å². The van der Waals surface area contributed by atoms with E-state index in [2.05, 4.69) is 27.2 Å². The fourth-order valence-corrected chi connectivity index (χ4v) is 3.95. The van der Waals surface area contributed by atoms with E-state index in [1.165, 1.54) is 0 Å². The van der Waals surface area contributed by atoms with Gasteiger partial charge in [-0.3, -0.25) is 4.79 Å². The van der Waals surface area contributed by atoms with Crippen molar-refractivity contribution in [1.29, 1.82) is 0 Å². The maximum atomic E-state index is 12.6. The highest BCUT2D eigenvalue weighted by atomic mass is 16.5. The van der Waals surface area contributed by atoms with Crippen LogP contribution in [0, 0.1) is 13.8 Å². The van der Waals surface area contributed by atoms with Crippen molar-refractivity contribution in [3.8, 4) is 11.6 Å². The number of hydrogen-bond donors (Lipinski definition) is 1. The Morgan fingerprint density at radius 3 is 2.74 bits per heavy atom. The van der Waals surface area contributed by atoms with Gasteiger partial charge in [-0.25, -0.2) is 0 Å². The van der Waals surface area contributed by atoms with Gasteiger partial charge in [0.05, 0.1) is 5.69 Å². The summed E-state index contributed by atoms with van der Waals surface area (Å²) in [7, 11) is 0. The van der Waals surface area contributed by atoms with Gasteiger partial charge < -0.3 is 10.1 Å². The number of rotatable bonds is 5. The minimum absolute atomic E-state index is 0.0628. The van der Waals surface area contributed by atoms with Crippen LogP contribution in [0.15, 0.2) is 49.1 Å². The molecule has 9 nitrogen and oxygen atoms in total. The van der Waals surface area contributed by atoms with Crippen LogP contribution in [0.2, 0.25) is 0 Å². The Labute approximate surface area is 178 Å². The molecule has 0 aliphatic carbocycles. The van der Waals surface area contributed by atoms with Crippen LogP contribution in [-0.4, -0.2) is 42.1 Å². The quantitative estimate of drug-likeness (QED) is 0.503. The molecule has 3 aromatic heterocycles. The molecule has 1 unspecified atom stereocenters. The van der Waals surface area contributed by atoms with E-state index in [0.29, 0.717) is 36.1 Å². The molecule has 156 valence electrons. The minimum Gasteiger partial charge on any atom is -0.490 e. The van der Waals surface area contributed by atoms with Gasteiger partial charge in [-0.2, -0.15) is 14.3 Å². The van der Waals surface area contributed by atoms with E-state index < -0.39 is 0 Å². The van der Waals surface area contributed by atoms with Gasteiger partial charge in [-0.1, -0.05) is 24.8 Å². The second-order valence-corrected chi connectivity index (χ2v) is 7.44. The number of hydrogen-bond acceptors (Lipinski definition) is 6. The fourth-order valence-electron chi connectivity index (χ4n) is 3.95. The van der Waals surface area contributed by atoms with Crippen molar-refractivity contribution in [3.05, 3.63) is 71.7 Å². The van der Waals surface area contributed by atoms with Crippen LogP contribution in [0.5, 0.6) is 5.75 Å². The molecule has 1 aliphatic heterocycles. The molecule has 0 saturated carbocycles. The number of carbonyl (C=O) groups excluding carboxylic acids is 1. The van der Waals surface area contributed by atoms with Crippen LogP contribution in [0.4, 0.5) is 5.82 Å². The summed E-state index contributed by atoms with van der Waals surface area (Å²) in [4.78, 5) is 12.6. The molecule has 1 N–H and O–H groups in total. The van der Waals surface area contributed by atoms with Crippen LogP contribution in [0.3, 0.4) is 0 Å². The lowest BCUT2D eigenvalue weighted by atomic mass is 9.86. The number of ether oxygens (including phenoxy) is 1. The Morgan fingerprint density at radius 1 is 1.16 bits per heavy atom. The van der Waals surface area contributed by atoms with Crippen molar-refractivity contribution < 1.29 is 9.53 Å². The third-order valence-corrected chi connectivity index (χ3v) is 5.37. The summed E-state index contributed by atoms with van der Waals surface area (Å²) >= 11 is 0. The molecule has 0 fully saturated rings. The molecule has 0 spiro atoms. The first-order valence-corrected chi connectivity index (χ1v) is 9.97. The largest absolute Gasteiger partial charge is 0.490 e. The highest BCUT2D eigenvalue weighted by Crippen LogP contribution is 2.40. The normalized spacial score (nSPS) is 15.5. The topological polar surface area (TPSA) is 99.2 Å². The molecule has 5 rings (SSSR count). The highest BCUT2D eigenvalue weighted by molar-refractivity contribution is 5.95. The monoisotopic (exact) mass is 415 g/mol. The first-order valence-electron chi connectivity index (χ1n) is 9.97. The summed E-state index contributed by atoms with van der Waals surface area (Å²) in [6.07, 6.45) is 2.06. The Kier molecular flexibility index (Phi) is 4.50. The predicted molar refractivity (Wildman–Crippen MR) is 115 cm³/mol. The van der Waals surface area contributed by atoms with Crippen molar-refractivity contribution in [2.75, 3.05) is 11.9 Å². The smallest absolute Gasteiger partial charge is 0.226 e. The zero-order valence-corrected chi connectivity index (χ0v) is 17.2. The molecule has 4 aromatic rings. The Balaban J connectivity index is 1.57. The third-order valence-electron chi connectivity index (χ3n) is 5.37. The van der Waals surface area contributed by atoms with E-state index in [1.54, 1.807) is 15.3 Å². The van der Waals surface area contributed by atoms with Crippen molar-refractivity contribution in [2.45, 2.75) is 26.2 Å². The van der Waals surface area contributed by atoms with Crippen LogP contribution in [0.25, 0.3) is 11.5 Å². The van der Waals surface area contributed by atoms with Gasteiger partial charge in [-0.15, -0.1) is 15.3 Å². The van der Waals surface area contributed by atoms with Gasteiger partial charge >= 0.3 is 0 Å². The molecule has 0 saturated heterocycles. The standard InChI is InChI=1S/C22H21N7O2/c1-4-11-31-16-7-5-15(6-8-16)17-12-20(30)23-22-21(17)13(2)26-29(22)19-10-9-18-25-24-14(3)28(18)27-19/h4-10,17H,1,11-12H2,2-3H3,(H,23,30). The Hall–Kier alpha value is -4.01. The van der Waals surface area contributed by atoms with Gasteiger partial charge in [0, 0.05) is 17.9 Å². The van der Waals surface area contributed by atoms with E-state index in [4.69, 9.17) is 9.84 Å². The summed E-state index contributed by atoms with van der Waals surface area (Å²) in [5.74, 6) is 2.49. The number of benzene rings is 1. The van der Waals surface area contributed by atoms with E-state index >= 15 is 0 Å². The van der Waals surface area contributed by atoms with Crippen molar-refractivity contribution >= 4 is 17.4 Å². The summed E-state index contributed by atoms with van der Waals surface area (Å²) in [6.45, 7) is 7.89. The van der Waals surface area contributed by atoms with Crippen LogP contribution >= 0.6 is 0 Å². The average molecular weight is 415 g/mol. The summed E-state index contributed by atoms with van der Waals surface area (Å²) in [5.41, 5.74) is 3.51.